The van der Waals surface area contributed by atoms with Gasteiger partial charge in [0.2, 0.25) is 0 Å². The Balaban J connectivity index is 1.30. The molecule has 8 heteroatoms. The van der Waals surface area contributed by atoms with Gasteiger partial charge in [-0.1, -0.05) is 37.3 Å². The van der Waals surface area contributed by atoms with E-state index in [2.05, 4.69) is 10.3 Å². The molecule has 3 heterocycles. The van der Waals surface area contributed by atoms with E-state index in [-0.39, 0.29) is 11.8 Å². The second-order valence-corrected chi connectivity index (χ2v) is 8.07. The van der Waals surface area contributed by atoms with Crippen molar-refractivity contribution in [3.05, 3.63) is 36.0 Å². The predicted molar refractivity (Wildman–Crippen MR) is 106 cm³/mol. The Morgan fingerprint density at radius 2 is 1.76 bits per heavy atom. The van der Waals surface area contributed by atoms with E-state index in [1.165, 1.54) is 38.4 Å². The van der Waals surface area contributed by atoms with Crippen LogP contribution in [0.1, 0.15) is 66.0 Å². The summed E-state index contributed by atoms with van der Waals surface area (Å²) in [6.45, 7) is 3.00. The van der Waals surface area contributed by atoms with E-state index in [0.29, 0.717) is 37.6 Å². The van der Waals surface area contributed by atoms with Crippen LogP contribution in [0.25, 0.3) is 0 Å². The average molecular weight is 399 g/mol. The van der Waals surface area contributed by atoms with Crippen LogP contribution in [0.15, 0.2) is 29.0 Å². The van der Waals surface area contributed by atoms with Gasteiger partial charge in [0.1, 0.15) is 0 Å². The van der Waals surface area contributed by atoms with Crippen molar-refractivity contribution in [2.24, 2.45) is 5.92 Å². The Labute approximate surface area is 170 Å². The molecule has 1 aliphatic heterocycles. The van der Waals surface area contributed by atoms with Crippen LogP contribution in [0, 0.1) is 5.92 Å². The highest BCUT2D eigenvalue weighted by Crippen LogP contribution is 2.26. The van der Waals surface area contributed by atoms with Gasteiger partial charge in [-0.25, -0.2) is 0 Å². The van der Waals surface area contributed by atoms with Gasteiger partial charge in [0.15, 0.2) is 11.5 Å². The minimum Gasteiger partial charge on any atom is -0.459 e. The van der Waals surface area contributed by atoms with Crippen molar-refractivity contribution in [3.8, 4) is 0 Å². The molecule has 2 aromatic heterocycles. The number of carbonyl (C=O) groups is 2. The molecule has 0 bridgehead atoms. The molecule has 0 aromatic carbocycles. The molecule has 2 amide bonds. The molecule has 0 N–H and O–H groups in total. The molecule has 2 fully saturated rings. The van der Waals surface area contributed by atoms with Gasteiger partial charge in [-0.05, 0) is 30.9 Å². The third kappa shape index (κ3) is 4.86. The largest absolute Gasteiger partial charge is 0.459 e. The first-order valence-corrected chi connectivity index (χ1v) is 10.7. The standard InChI is InChI=1S/C21H29N5O3/c27-20(18-16-26(23-22-18)12-9-17-6-2-1-3-7-17)24-10-5-11-25(14-13-24)21(28)19-8-4-15-29-19/h4,8,15-17H,1-3,5-7,9-14H2. The molecule has 0 atom stereocenters. The summed E-state index contributed by atoms with van der Waals surface area (Å²) < 4.78 is 7.01. The van der Waals surface area contributed by atoms with Gasteiger partial charge in [-0.15, -0.1) is 5.10 Å². The fourth-order valence-corrected chi connectivity index (χ4v) is 4.34. The van der Waals surface area contributed by atoms with Crippen LogP contribution in [0.3, 0.4) is 0 Å². The van der Waals surface area contributed by atoms with Crippen LogP contribution in [0.2, 0.25) is 0 Å². The molecular formula is C21H29N5O3. The molecule has 156 valence electrons. The minimum atomic E-state index is -0.127. The van der Waals surface area contributed by atoms with Crippen LogP contribution in [-0.4, -0.2) is 62.8 Å². The first-order valence-electron chi connectivity index (χ1n) is 10.7. The van der Waals surface area contributed by atoms with Crippen LogP contribution in [-0.2, 0) is 6.54 Å². The fraction of sp³-hybridized carbons (Fsp3) is 0.619. The molecule has 0 radical (unpaired) electrons. The number of aryl methyl sites for hydroxylation is 1. The van der Waals surface area contributed by atoms with E-state index < -0.39 is 0 Å². The Morgan fingerprint density at radius 3 is 2.48 bits per heavy atom. The van der Waals surface area contributed by atoms with Gasteiger partial charge < -0.3 is 14.2 Å². The lowest BCUT2D eigenvalue weighted by molar-refractivity contribution is 0.0698. The van der Waals surface area contributed by atoms with Gasteiger partial charge in [-0.2, -0.15) is 0 Å². The maximum Gasteiger partial charge on any atom is 0.289 e. The number of hydrogen-bond acceptors (Lipinski definition) is 5. The van der Waals surface area contributed by atoms with Crippen molar-refractivity contribution in [1.29, 1.82) is 0 Å². The van der Waals surface area contributed by atoms with Crippen LogP contribution in [0.5, 0.6) is 0 Å². The molecule has 2 aliphatic rings. The number of hydrogen-bond donors (Lipinski definition) is 0. The highest BCUT2D eigenvalue weighted by atomic mass is 16.3. The highest BCUT2D eigenvalue weighted by Gasteiger charge is 2.26. The van der Waals surface area contributed by atoms with Crippen LogP contribution >= 0.6 is 0 Å². The third-order valence-electron chi connectivity index (χ3n) is 6.05. The summed E-state index contributed by atoms with van der Waals surface area (Å²) in [4.78, 5) is 28.8. The summed E-state index contributed by atoms with van der Waals surface area (Å²) in [6.07, 6.45) is 11.7. The summed E-state index contributed by atoms with van der Waals surface area (Å²) in [6, 6.07) is 3.38. The Kier molecular flexibility index (Phi) is 6.27. The second kappa shape index (κ2) is 9.24. The summed E-state index contributed by atoms with van der Waals surface area (Å²) in [5.41, 5.74) is 0.388. The first kappa shape index (κ1) is 19.7. The zero-order valence-corrected chi connectivity index (χ0v) is 16.8. The van der Waals surface area contributed by atoms with Crippen molar-refractivity contribution >= 4 is 11.8 Å². The monoisotopic (exact) mass is 399 g/mol. The van der Waals surface area contributed by atoms with Crippen LogP contribution < -0.4 is 0 Å². The number of rotatable bonds is 5. The Morgan fingerprint density at radius 1 is 1.00 bits per heavy atom. The molecule has 0 unspecified atom stereocenters. The number of nitrogens with zero attached hydrogens (tertiary/aromatic N) is 5. The van der Waals surface area contributed by atoms with Crippen molar-refractivity contribution < 1.29 is 14.0 Å². The van der Waals surface area contributed by atoms with Gasteiger partial charge in [0.05, 0.1) is 12.5 Å². The lowest BCUT2D eigenvalue weighted by Crippen LogP contribution is -2.37. The molecular weight excluding hydrogens is 370 g/mol. The molecule has 0 spiro atoms. The predicted octanol–water partition coefficient (Wildman–Crippen LogP) is 2.83. The van der Waals surface area contributed by atoms with E-state index in [9.17, 15) is 9.59 Å². The number of aromatic nitrogens is 3. The smallest absolute Gasteiger partial charge is 0.289 e. The normalized spacial score (nSPS) is 18.6. The summed E-state index contributed by atoms with van der Waals surface area (Å²) in [7, 11) is 0. The number of amides is 2. The summed E-state index contributed by atoms with van der Waals surface area (Å²) >= 11 is 0. The van der Waals surface area contributed by atoms with E-state index in [4.69, 9.17) is 4.42 Å². The number of furan rings is 1. The lowest BCUT2D eigenvalue weighted by atomic mass is 9.87. The molecule has 1 saturated heterocycles. The SMILES string of the molecule is O=C(c1cn(CCC2CCCCC2)nn1)N1CCCN(C(=O)c2ccco2)CC1. The zero-order chi connectivity index (χ0) is 20.1. The van der Waals surface area contributed by atoms with Crippen molar-refractivity contribution in [1.82, 2.24) is 24.8 Å². The van der Waals surface area contributed by atoms with Gasteiger partial charge in [0.25, 0.3) is 11.8 Å². The topological polar surface area (TPSA) is 84.5 Å². The lowest BCUT2D eigenvalue weighted by Gasteiger charge is -2.21. The Bertz CT molecular complexity index is 810. The molecule has 4 rings (SSSR count). The highest BCUT2D eigenvalue weighted by molar-refractivity contribution is 5.93. The summed E-state index contributed by atoms with van der Waals surface area (Å²) in [5, 5.41) is 8.27. The minimum absolute atomic E-state index is 0.110. The molecule has 1 saturated carbocycles. The van der Waals surface area contributed by atoms with Crippen molar-refractivity contribution in [2.75, 3.05) is 26.2 Å². The van der Waals surface area contributed by atoms with Gasteiger partial charge >= 0.3 is 0 Å². The zero-order valence-electron chi connectivity index (χ0n) is 16.8. The van der Waals surface area contributed by atoms with Gasteiger partial charge in [0, 0.05) is 32.7 Å². The first-order chi connectivity index (χ1) is 14.2. The average Bonchev–Trinajstić information content (AvgIpc) is 3.40. The van der Waals surface area contributed by atoms with E-state index >= 15 is 0 Å². The molecule has 2 aromatic rings. The third-order valence-corrected chi connectivity index (χ3v) is 6.05. The van der Waals surface area contributed by atoms with Gasteiger partial charge in [-0.3, -0.25) is 14.3 Å². The maximum absolute atomic E-state index is 12.9. The molecule has 29 heavy (non-hydrogen) atoms. The van der Waals surface area contributed by atoms with E-state index in [0.717, 1.165) is 25.3 Å². The quantitative estimate of drug-likeness (QED) is 0.772. The molecule has 8 nitrogen and oxygen atoms in total. The van der Waals surface area contributed by atoms with E-state index in [1.807, 2.05) is 0 Å². The summed E-state index contributed by atoms with van der Waals surface area (Å²) in [5.74, 6) is 0.875. The van der Waals surface area contributed by atoms with E-state index in [1.54, 1.807) is 32.8 Å². The Hall–Kier alpha value is -2.64. The number of carbonyl (C=O) groups excluding carboxylic acids is 2. The van der Waals surface area contributed by atoms with Crippen LogP contribution in [0.4, 0.5) is 0 Å². The second-order valence-electron chi connectivity index (χ2n) is 8.07. The van der Waals surface area contributed by atoms with Crippen molar-refractivity contribution in [2.45, 2.75) is 51.5 Å². The fourth-order valence-electron chi connectivity index (χ4n) is 4.34. The van der Waals surface area contributed by atoms with Crippen molar-refractivity contribution in [3.63, 3.8) is 0 Å². The maximum atomic E-state index is 12.9. The molecule has 1 aliphatic carbocycles.